The summed E-state index contributed by atoms with van der Waals surface area (Å²) in [5.41, 5.74) is 1.09. The van der Waals surface area contributed by atoms with E-state index in [2.05, 4.69) is 5.32 Å². The van der Waals surface area contributed by atoms with Gasteiger partial charge in [-0.3, -0.25) is 4.79 Å². The van der Waals surface area contributed by atoms with Gasteiger partial charge in [0.05, 0.1) is 0 Å². The number of likely N-dealkylation sites (tertiary alicyclic amines) is 2. The minimum Gasteiger partial charge on any atom is -0.355 e. The summed E-state index contributed by atoms with van der Waals surface area (Å²) in [6, 6.07) is 6.78. The van der Waals surface area contributed by atoms with Crippen LogP contribution in [0.2, 0.25) is 0 Å². The highest BCUT2D eigenvalue weighted by molar-refractivity contribution is 5.80. The molecule has 146 valence electrons. The van der Waals surface area contributed by atoms with E-state index in [4.69, 9.17) is 0 Å². The fourth-order valence-corrected chi connectivity index (χ4v) is 4.36. The molecular weight excluding hydrogens is 345 g/mol. The van der Waals surface area contributed by atoms with Gasteiger partial charge in [0.15, 0.2) is 0 Å². The van der Waals surface area contributed by atoms with Crippen molar-refractivity contribution < 1.29 is 14.0 Å². The highest BCUT2D eigenvalue weighted by Gasteiger charge is 2.44. The van der Waals surface area contributed by atoms with E-state index in [1.165, 1.54) is 12.1 Å². The van der Waals surface area contributed by atoms with Crippen LogP contribution in [0, 0.1) is 11.7 Å². The normalized spacial score (nSPS) is 22.0. The van der Waals surface area contributed by atoms with E-state index in [1.54, 1.807) is 0 Å². The molecule has 6 heteroatoms. The lowest BCUT2D eigenvalue weighted by Crippen LogP contribution is -2.48. The van der Waals surface area contributed by atoms with E-state index in [0.717, 1.165) is 57.2 Å². The zero-order valence-electron chi connectivity index (χ0n) is 15.8. The zero-order valence-corrected chi connectivity index (χ0v) is 15.8. The molecule has 3 amide bonds. The van der Waals surface area contributed by atoms with Gasteiger partial charge in [-0.2, -0.15) is 0 Å². The van der Waals surface area contributed by atoms with Gasteiger partial charge >= 0.3 is 6.03 Å². The Morgan fingerprint density at radius 1 is 1.00 bits per heavy atom. The molecule has 4 rings (SSSR count). The predicted octanol–water partition coefficient (Wildman–Crippen LogP) is 2.90. The van der Waals surface area contributed by atoms with Crippen LogP contribution in [-0.4, -0.2) is 54.5 Å². The van der Waals surface area contributed by atoms with Crippen LogP contribution in [0.25, 0.3) is 0 Å². The van der Waals surface area contributed by atoms with E-state index in [9.17, 15) is 14.0 Å². The molecule has 0 unspecified atom stereocenters. The van der Waals surface area contributed by atoms with Crippen LogP contribution in [0.4, 0.5) is 9.18 Å². The first-order valence-electron chi connectivity index (χ1n) is 10.2. The first kappa shape index (κ1) is 18.3. The summed E-state index contributed by atoms with van der Waals surface area (Å²) >= 11 is 0. The second-order valence-corrected chi connectivity index (χ2v) is 8.24. The van der Waals surface area contributed by atoms with Gasteiger partial charge in [-0.15, -0.1) is 0 Å². The van der Waals surface area contributed by atoms with Gasteiger partial charge in [0.2, 0.25) is 5.91 Å². The molecule has 0 atom stereocenters. The Morgan fingerprint density at radius 2 is 1.59 bits per heavy atom. The van der Waals surface area contributed by atoms with E-state index in [1.807, 2.05) is 21.9 Å². The fourth-order valence-electron chi connectivity index (χ4n) is 4.36. The lowest BCUT2D eigenvalue weighted by atomic mass is 9.93. The summed E-state index contributed by atoms with van der Waals surface area (Å²) in [6.45, 7) is 3.67. The number of rotatable bonds is 4. The minimum absolute atomic E-state index is 0.0170. The van der Waals surface area contributed by atoms with Crippen LogP contribution >= 0.6 is 0 Å². The number of nitrogens with zero attached hydrogens (tertiary/aromatic N) is 2. The first-order chi connectivity index (χ1) is 13.1. The van der Waals surface area contributed by atoms with Crippen molar-refractivity contribution in [1.82, 2.24) is 15.1 Å². The van der Waals surface area contributed by atoms with Crippen LogP contribution in [0.15, 0.2) is 24.3 Å². The van der Waals surface area contributed by atoms with E-state index in [0.29, 0.717) is 19.6 Å². The number of urea groups is 1. The molecule has 3 fully saturated rings. The summed E-state index contributed by atoms with van der Waals surface area (Å²) in [6.07, 6.45) is 5.72. The molecule has 1 aromatic rings. The van der Waals surface area contributed by atoms with Crippen molar-refractivity contribution >= 4 is 11.9 Å². The number of piperidine rings is 1. The molecule has 3 aliphatic rings. The van der Waals surface area contributed by atoms with E-state index < -0.39 is 0 Å². The van der Waals surface area contributed by atoms with Crippen LogP contribution in [0.3, 0.4) is 0 Å². The maximum absolute atomic E-state index is 13.1. The Morgan fingerprint density at radius 3 is 2.19 bits per heavy atom. The van der Waals surface area contributed by atoms with Crippen molar-refractivity contribution in [2.45, 2.75) is 43.9 Å². The van der Waals surface area contributed by atoms with Gasteiger partial charge in [0.1, 0.15) is 5.82 Å². The number of hydrogen-bond acceptors (Lipinski definition) is 2. The van der Waals surface area contributed by atoms with Crippen molar-refractivity contribution in [3.63, 3.8) is 0 Å². The van der Waals surface area contributed by atoms with Crippen LogP contribution in [0.1, 0.15) is 44.1 Å². The van der Waals surface area contributed by atoms with Crippen molar-refractivity contribution in [3.8, 4) is 0 Å². The largest absolute Gasteiger partial charge is 0.355 e. The third-order valence-electron chi connectivity index (χ3n) is 6.42. The van der Waals surface area contributed by atoms with Crippen molar-refractivity contribution in [1.29, 1.82) is 0 Å². The summed E-state index contributed by atoms with van der Waals surface area (Å²) < 4.78 is 13.1. The summed E-state index contributed by atoms with van der Waals surface area (Å²) in [5.74, 6) is -0.151. The van der Waals surface area contributed by atoms with Crippen molar-refractivity contribution in [2.75, 3.05) is 32.7 Å². The summed E-state index contributed by atoms with van der Waals surface area (Å²) in [7, 11) is 0. The molecule has 2 saturated heterocycles. The number of halogens is 1. The molecule has 1 saturated carbocycles. The van der Waals surface area contributed by atoms with Gasteiger partial charge in [-0.1, -0.05) is 12.1 Å². The lowest BCUT2D eigenvalue weighted by molar-refractivity contribution is -0.126. The molecule has 5 nitrogen and oxygen atoms in total. The molecule has 0 aromatic heterocycles. The van der Waals surface area contributed by atoms with Gasteiger partial charge in [-0.05, 0) is 56.2 Å². The van der Waals surface area contributed by atoms with Gasteiger partial charge < -0.3 is 15.1 Å². The first-order valence-corrected chi connectivity index (χ1v) is 10.2. The molecule has 1 aromatic carbocycles. The Kier molecular flexibility index (Phi) is 5.06. The number of carbonyl (C=O) groups excluding carboxylic acids is 2. The maximum atomic E-state index is 13.1. The lowest BCUT2D eigenvalue weighted by Gasteiger charge is -2.34. The molecule has 27 heavy (non-hydrogen) atoms. The highest BCUT2D eigenvalue weighted by atomic mass is 19.1. The average molecular weight is 373 g/mol. The fraction of sp³-hybridized carbons (Fsp3) is 0.619. The minimum atomic E-state index is -0.228. The maximum Gasteiger partial charge on any atom is 0.319 e. The SMILES string of the molecule is O=C(NCC1(c2ccc(F)cc2)CC1)C1CCN(C(=O)N2CCCC2)CC1. The molecule has 0 radical (unpaired) electrons. The molecule has 1 aliphatic carbocycles. The molecule has 1 N–H and O–H groups in total. The van der Waals surface area contributed by atoms with Crippen LogP contribution < -0.4 is 5.32 Å². The third kappa shape index (κ3) is 3.94. The number of carbonyl (C=O) groups is 2. The van der Waals surface area contributed by atoms with Gasteiger partial charge in [0, 0.05) is 44.1 Å². The second kappa shape index (κ2) is 7.49. The standard InChI is InChI=1S/C21H28FN3O2/c22-18-5-3-17(4-6-18)21(9-10-21)15-23-19(26)16-7-13-25(14-8-16)20(27)24-11-1-2-12-24/h3-6,16H,1-2,7-15H2,(H,23,26). The van der Waals surface area contributed by atoms with Crippen LogP contribution in [0.5, 0.6) is 0 Å². The van der Waals surface area contributed by atoms with Crippen molar-refractivity contribution in [3.05, 3.63) is 35.6 Å². The molecule has 2 heterocycles. The Balaban J connectivity index is 1.25. The quantitative estimate of drug-likeness (QED) is 0.882. The van der Waals surface area contributed by atoms with E-state index >= 15 is 0 Å². The Labute approximate surface area is 159 Å². The third-order valence-corrected chi connectivity index (χ3v) is 6.42. The molecular formula is C21H28FN3O2. The van der Waals surface area contributed by atoms with Crippen molar-refractivity contribution in [2.24, 2.45) is 5.92 Å². The number of benzene rings is 1. The summed E-state index contributed by atoms with van der Waals surface area (Å²) in [4.78, 5) is 28.9. The van der Waals surface area contributed by atoms with Gasteiger partial charge in [-0.25, -0.2) is 9.18 Å². The Bertz CT molecular complexity index is 688. The highest BCUT2D eigenvalue weighted by Crippen LogP contribution is 2.47. The zero-order chi connectivity index (χ0) is 18.9. The molecule has 2 aliphatic heterocycles. The predicted molar refractivity (Wildman–Crippen MR) is 101 cm³/mol. The molecule has 0 bridgehead atoms. The van der Waals surface area contributed by atoms with E-state index in [-0.39, 0.29) is 29.1 Å². The number of hydrogen-bond donors (Lipinski definition) is 1. The van der Waals surface area contributed by atoms with Crippen LogP contribution in [-0.2, 0) is 10.2 Å². The van der Waals surface area contributed by atoms with Gasteiger partial charge in [0.25, 0.3) is 0 Å². The number of amides is 3. The smallest absolute Gasteiger partial charge is 0.319 e. The second-order valence-electron chi connectivity index (χ2n) is 8.24. The average Bonchev–Trinajstić information content (AvgIpc) is 3.29. The summed E-state index contributed by atoms with van der Waals surface area (Å²) in [5, 5.41) is 3.12. The monoisotopic (exact) mass is 373 g/mol. The number of nitrogens with one attached hydrogen (secondary N) is 1. The Hall–Kier alpha value is -2.11. The molecule has 0 spiro atoms. The topological polar surface area (TPSA) is 52.7 Å².